The highest BCUT2D eigenvalue weighted by Crippen LogP contribution is 2.32. The molecule has 0 atom stereocenters. The van der Waals surface area contributed by atoms with Crippen molar-refractivity contribution in [2.75, 3.05) is 13.7 Å². The first kappa shape index (κ1) is 12.8. The maximum absolute atomic E-state index is 9.23. The minimum Gasteiger partial charge on any atom is -0.497 e. The SMILES string of the molecule is COc1ccc2c(-c3ccccc3)cn(CCO)c2c1. The van der Waals surface area contributed by atoms with Gasteiger partial charge in [-0.15, -0.1) is 0 Å². The summed E-state index contributed by atoms with van der Waals surface area (Å²) >= 11 is 0. The van der Waals surface area contributed by atoms with Crippen molar-refractivity contribution in [1.82, 2.24) is 4.57 Å². The lowest BCUT2D eigenvalue weighted by atomic mass is 10.1. The van der Waals surface area contributed by atoms with E-state index < -0.39 is 0 Å². The van der Waals surface area contributed by atoms with Crippen molar-refractivity contribution in [3.05, 3.63) is 54.7 Å². The summed E-state index contributed by atoms with van der Waals surface area (Å²) in [4.78, 5) is 0. The fourth-order valence-electron chi connectivity index (χ4n) is 2.54. The molecular weight excluding hydrogens is 250 g/mol. The third-order valence-electron chi connectivity index (χ3n) is 3.52. The van der Waals surface area contributed by atoms with Gasteiger partial charge in [-0.1, -0.05) is 30.3 Å². The van der Waals surface area contributed by atoms with Gasteiger partial charge in [-0.3, -0.25) is 0 Å². The second-order valence-corrected chi connectivity index (χ2v) is 4.71. The van der Waals surface area contributed by atoms with Gasteiger partial charge in [0.05, 0.1) is 19.2 Å². The maximum Gasteiger partial charge on any atom is 0.120 e. The van der Waals surface area contributed by atoms with Crippen LogP contribution in [-0.4, -0.2) is 23.4 Å². The highest BCUT2D eigenvalue weighted by molar-refractivity contribution is 5.96. The molecule has 0 saturated heterocycles. The van der Waals surface area contributed by atoms with Crippen molar-refractivity contribution in [3.8, 4) is 16.9 Å². The van der Waals surface area contributed by atoms with Gasteiger partial charge in [0.2, 0.25) is 0 Å². The van der Waals surface area contributed by atoms with E-state index in [2.05, 4.69) is 29.0 Å². The van der Waals surface area contributed by atoms with E-state index in [1.54, 1.807) is 7.11 Å². The lowest BCUT2D eigenvalue weighted by molar-refractivity contribution is 0.278. The number of benzene rings is 2. The highest BCUT2D eigenvalue weighted by atomic mass is 16.5. The third-order valence-corrected chi connectivity index (χ3v) is 3.52. The molecule has 102 valence electrons. The van der Waals surface area contributed by atoms with Gasteiger partial charge in [0.25, 0.3) is 0 Å². The average molecular weight is 267 g/mol. The Balaban J connectivity index is 2.23. The van der Waals surface area contributed by atoms with E-state index in [4.69, 9.17) is 4.74 Å². The number of hydrogen-bond acceptors (Lipinski definition) is 2. The molecule has 0 fully saturated rings. The van der Waals surface area contributed by atoms with E-state index in [1.165, 1.54) is 16.5 Å². The molecule has 1 N–H and O–H groups in total. The quantitative estimate of drug-likeness (QED) is 0.787. The van der Waals surface area contributed by atoms with Crippen LogP contribution in [0.25, 0.3) is 22.0 Å². The van der Waals surface area contributed by atoms with Crippen LogP contribution >= 0.6 is 0 Å². The molecule has 0 aliphatic carbocycles. The highest BCUT2D eigenvalue weighted by Gasteiger charge is 2.10. The molecule has 1 heterocycles. The number of nitrogens with zero attached hydrogens (tertiary/aromatic N) is 1. The molecule has 2 aromatic carbocycles. The molecule has 20 heavy (non-hydrogen) atoms. The second-order valence-electron chi connectivity index (χ2n) is 4.71. The summed E-state index contributed by atoms with van der Waals surface area (Å²) in [6, 6.07) is 16.3. The minimum absolute atomic E-state index is 0.120. The number of aliphatic hydroxyl groups excluding tert-OH is 1. The number of rotatable bonds is 4. The Labute approximate surface area is 118 Å². The summed E-state index contributed by atoms with van der Waals surface area (Å²) in [6.45, 7) is 0.700. The standard InChI is InChI=1S/C17H17NO2/c1-20-14-7-8-15-16(13-5-3-2-4-6-13)12-18(9-10-19)17(15)11-14/h2-8,11-12,19H,9-10H2,1H3. The predicted octanol–water partition coefficient (Wildman–Crippen LogP) is 3.31. The number of hydrogen-bond donors (Lipinski definition) is 1. The van der Waals surface area contributed by atoms with Crippen molar-refractivity contribution in [3.63, 3.8) is 0 Å². The molecule has 0 amide bonds. The number of methoxy groups -OCH3 is 1. The monoisotopic (exact) mass is 267 g/mol. The lowest BCUT2D eigenvalue weighted by Gasteiger charge is -2.04. The van der Waals surface area contributed by atoms with Gasteiger partial charge < -0.3 is 14.4 Å². The summed E-state index contributed by atoms with van der Waals surface area (Å²) in [5.74, 6) is 0.828. The first-order chi connectivity index (χ1) is 9.83. The van der Waals surface area contributed by atoms with Gasteiger partial charge in [0.15, 0.2) is 0 Å². The third kappa shape index (κ3) is 2.17. The van der Waals surface area contributed by atoms with Gasteiger partial charge in [-0.2, -0.15) is 0 Å². The molecule has 0 radical (unpaired) electrons. The fraction of sp³-hybridized carbons (Fsp3) is 0.176. The van der Waals surface area contributed by atoms with Gasteiger partial charge in [0, 0.05) is 29.8 Å². The van der Waals surface area contributed by atoms with Crippen LogP contribution in [0.4, 0.5) is 0 Å². The number of aromatic nitrogens is 1. The Morgan fingerprint density at radius 3 is 2.60 bits per heavy atom. The summed E-state index contributed by atoms with van der Waals surface area (Å²) in [5, 5.41) is 10.4. The van der Waals surface area contributed by atoms with Crippen molar-refractivity contribution >= 4 is 10.9 Å². The lowest BCUT2D eigenvalue weighted by Crippen LogP contribution is -1.99. The van der Waals surface area contributed by atoms with Crippen LogP contribution in [0.2, 0.25) is 0 Å². The molecule has 0 spiro atoms. The first-order valence-electron chi connectivity index (χ1n) is 6.66. The maximum atomic E-state index is 9.23. The largest absolute Gasteiger partial charge is 0.497 e. The molecular formula is C17H17NO2. The van der Waals surface area contributed by atoms with Crippen LogP contribution < -0.4 is 4.74 Å². The van der Waals surface area contributed by atoms with E-state index in [0.717, 1.165) is 11.3 Å². The molecule has 0 saturated carbocycles. The number of fused-ring (bicyclic) bond motifs is 1. The van der Waals surface area contributed by atoms with Gasteiger partial charge >= 0.3 is 0 Å². The van der Waals surface area contributed by atoms with Crippen molar-refractivity contribution in [2.45, 2.75) is 6.54 Å². The van der Waals surface area contributed by atoms with E-state index >= 15 is 0 Å². The van der Waals surface area contributed by atoms with Crippen molar-refractivity contribution < 1.29 is 9.84 Å². The Bertz CT molecular complexity index is 716. The zero-order chi connectivity index (χ0) is 13.9. The van der Waals surface area contributed by atoms with Crippen LogP contribution in [0.3, 0.4) is 0 Å². The van der Waals surface area contributed by atoms with Crippen LogP contribution in [0, 0.1) is 0 Å². The smallest absolute Gasteiger partial charge is 0.120 e. The summed E-state index contributed by atoms with van der Waals surface area (Å²) in [6.07, 6.45) is 2.09. The molecule has 1 aromatic heterocycles. The van der Waals surface area contributed by atoms with Gasteiger partial charge in [0.1, 0.15) is 5.75 Å². The molecule has 3 rings (SSSR count). The predicted molar refractivity (Wildman–Crippen MR) is 81.0 cm³/mol. The van der Waals surface area contributed by atoms with E-state index in [-0.39, 0.29) is 6.61 Å². The topological polar surface area (TPSA) is 34.4 Å². The Kier molecular flexibility index (Phi) is 3.44. The number of ether oxygens (including phenoxy) is 1. The molecule has 0 aliphatic rings. The van der Waals surface area contributed by atoms with Crippen molar-refractivity contribution in [2.24, 2.45) is 0 Å². The fourth-order valence-corrected chi connectivity index (χ4v) is 2.54. The summed E-state index contributed by atoms with van der Waals surface area (Å²) < 4.78 is 7.36. The second kappa shape index (κ2) is 5.39. The van der Waals surface area contributed by atoms with E-state index in [0.29, 0.717) is 6.54 Å². The van der Waals surface area contributed by atoms with Crippen LogP contribution in [0.5, 0.6) is 5.75 Å². The van der Waals surface area contributed by atoms with Crippen LogP contribution in [-0.2, 0) is 6.54 Å². The molecule has 3 heteroatoms. The van der Waals surface area contributed by atoms with E-state index in [9.17, 15) is 5.11 Å². The van der Waals surface area contributed by atoms with E-state index in [1.807, 2.05) is 30.3 Å². The van der Waals surface area contributed by atoms with Crippen LogP contribution in [0.15, 0.2) is 54.7 Å². The molecule has 0 unspecified atom stereocenters. The summed E-state index contributed by atoms with van der Waals surface area (Å²) in [5.41, 5.74) is 3.44. The molecule has 3 nitrogen and oxygen atoms in total. The Hall–Kier alpha value is -2.26. The minimum atomic E-state index is 0.120. The summed E-state index contributed by atoms with van der Waals surface area (Å²) in [7, 11) is 1.67. The van der Waals surface area contributed by atoms with Crippen molar-refractivity contribution in [1.29, 1.82) is 0 Å². The zero-order valence-electron chi connectivity index (χ0n) is 11.4. The zero-order valence-corrected chi connectivity index (χ0v) is 11.4. The molecule has 3 aromatic rings. The first-order valence-corrected chi connectivity index (χ1v) is 6.66. The number of aliphatic hydroxyl groups is 1. The van der Waals surface area contributed by atoms with Gasteiger partial charge in [-0.25, -0.2) is 0 Å². The van der Waals surface area contributed by atoms with Gasteiger partial charge in [-0.05, 0) is 17.7 Å². The van der Waals surface area contributed by atoms with Crippen LogP contribution in [0.1, 0.15) is 0 Å². The normalized spacial score (nSPS) is 10.9. The molecule has 0 bridgehead atoms. The average Bonchev–Trinajstić information content (AvgIpc) is 2.86. The Morgan fingerprint density at radius 2 is 1.90 bits per heavy atom. The Morgan fingerprint density at radius 1 is 1.10 bits per heavy atom. The molecule has 0 aliphatic heterocycles.